The van der Waals surface area contributed by atoms with Crippen LogP contribution < -0.4 is 14.9 Å². The molecule has 0 saturated heterocycles. The van der Waals surface area contributed by atoms with Gasteiger partial charge in [0.15, 0.2) is 5.76 Å². The van der Waals surface area contributed by atoms with Gasteiger partial charge < -0.3 is 13.9 Å². The van der Waals surface area contributed by atoms with Gasteiger partial charge in [-0.1, -0.05) is 12.1 Å². The number of amides is 1. The Bertz CT molecular complexity index is 1030. The second-order valence-electron chi connectivity index (χ2n) is 6.02. The molecule has 2 aromatic carbocycles. The van der Waals surface area contributed by atoms with Gasteiger partial charge >= 0.3 is 5.88 Å². The average molecular weight is 409 g/mol. The maximum Gasteiger partial charge on any atom is 0.433 e. The Kier molecular flexibility index (Phi) is 6.78. The molecule has 154 valence electrons. The highest BCUT2D eigenvalue weighted by Crippen LogP contribution is 2.19. The van der Waals surface area contributed by atoms with E-state index in [0.717, 1.165) is 11.3 Å². The number of hydrogen-bond donors (Lipinski definition) is 1. The lowest BCUT2D eigenvalue weighted by Gasteiger charge is -2.08. The third kappa shape index (κ3) is 5.68. The van der Waals surface area contributed by atoms with Gasteiger partial charge in [-0.2, -0.15) is 5.10 Å². The van der Waals surface area contributed by atoms with E-state index < -0.39 is 16.7 Å². The Labute approximate surface area is 172 Å². The van der Waals surface area contributed by atoms with E-state index in [-0.39, 0.29) is 5.76 Å². The minimum Gasteiger partial charge on any atom is -0.494 e. The summed E-state index contributed by atoms with van der Waals surface area (Å²) in [5.74, 6) is 0.835. The normalized spacial score (nSPS) is 10.7. The van der Waals surface area contributed by atoms with Crippen LogP contribution >= 0.6 is 0 Å². The average Bonchev–Trinajstić information content (AvgIpc) is 3.23. The van der Waals surface area contributed by atoms with Gasteiger partial charge in [-0.3, -0.25) is 14.9 Å². The van der Waals surface area contributed by atoms with Crippen molar-refractivity contribution in [3.63, 3.8) is 0 Å². The van der Waals surface area contributed by atoms with Crippen LogP contribution in [0.4, 0.5) is 5.88 Å². The van der Waals surface area contributed by atoms with Gasteiger partial charge in [0, 0.05) is 5.56 Å². The molecule has 9 nitrogen and oxygen atoms in total. The lowest BCUT2D eigenvalue weighted by atomic mass is 10.1. The van der Waals surface area contributed by atoms with Gasteiger partial charge in [-0.25, -0.2) is 5.43 Å². The standard InChI is InChI=1S/C21H19N3O6/c1-2-28-17-7-9-18(10-8-17)29-14-15-3-5-16(6-4-15)21(25)23-22-13-19-11-12-20(30-19)24(26)27/h3-13H,2,14H2,1H3,(H,23,25). The molecule has 0 aliphatic heterocycles. The molecule has 0 aliphatic carbocycles. The second-order valence-corrected chi connectivity index (χ2v) is 6.02. The monoisotopic (exact) mass is 409 g/mol. The lowest BCUT2D eigenvalue weighted by molar-refractivity contribution is -0.402. The molecule has 0 unspecified atom stereocenters. The fourth-order valence-electron chi connectivity index (χ4n) is 2.45. The van der Waals surface area contributed by atoms with E-state index in [9.17, 15) is 14.9 Å². The van der Waals surface area contributed by atoms with Crippen LogP contribution in [0.15, 0.2) is 70.2 Å². The Morgan fingerprint density at radius 1 is 1.07 bits per heavy atom. The summed E-state index contributed by atoms with van der Waals surface area (Å²) in [6.45, 7) is 2.88. The van der Waals surface area contributed by atoms with Crippen LogP contribution in [0.5, 0.6) is 11.5 Å². The number of hydrogen-bond acceptors (Lipinski definition) is 7. The number of nitrogens with zero attached hydrogens (tertiary/aromatic N) is 2. The predicted octanol–water partition coefficient (Wildman–Crippen LogP) is 3.93. The summed E-state index contributed by atoms with van der Waals surface area (Å²) in [7, 11) is 0. The molecular formula is C21H19N3O6. The largest absolute Gasteiger partial charge is 0.494 e. The molecule has 0 radical (unpaired) electrons. The van der Waals surface area contributed by atoms with Gasteiger partial charge in [0.1, 0.15) is 23.0 Å². The van der Waals surface area contributed by atoms with Crippen molar-refractivity contribution < 1.29 is 23.6 Å². The highest BCUT2D eigenvalue weighted by Gasteiger charge is 2.10. The maximum atomic E-state index is 12.1. The van der Waals surface area contributed by atoms with E-state index >= 15 is 0 Å². The number of hydrazone groups is 1. The smallest absolute Gasteiger partial charge is 0.433 e. The van der Waals surface area contributed by atoms with E-state index in [1.165, 1.54) is 18.3 Å². The molecule has 9 heteroatoms. The van der Waals surface area contributed by atoms with Crippen LogP contribution in [0, 0.1) is 10.1 Å². The highest BCUT2D eigenvalue weighted by atomic mass is 16.6. The molecule has 0 bridgehead atoms. The van der Waals surface area contributed by atoms with Gasteiger partial charge in [-0.05, 0) is 55.0 Å². The van der Waals surface area contributed by atoms with Crippen molar-refractivity contribution in [3.8, 4) is 11.5 Å². The molecule has 3 rings (SSSR count). The second kappa shape index (κ2) is 9.87. The Balaban J connectivity index is 1.49. The first kappa shape index (κ1) is 20.6. The maximum absolute atomic E-state index is 12.1. The lowest BCUT2D eigenvalue weighted by Crippen LogP contribution is -2.17. The van der Waals surface area contributed by atoms with Gasteiger partial charge in [0.25, 0.3) is 5.91 Å². The quantitative estimate of drug-likeness (QED) is 0.325. The molecule has 30 heavy (non-hydrogen) atoms. The Morgan fingerprint density at radius 3 is 2.33 bits per heavy atom. The first-order valence-electron chi connectivity index (χ1n) is 9.07. The zero-order valence-electron chi connectivity index (χ0n) is 16.1. The topological polar surface area (TPSA) is 116 Å². The van der Waals surface area contributed by atoms with E-state index in [1.807, 2.05) is 31.2 Å². The fourth-order valence-corrected chi connectivity index (χ4v) is 2.45. The number of nitrogens with one attached hydrogen (secondary N) is 1. The number of furan rings is 1. The SMILES string of the molecule is CCOc1ccc(OCc2ccc(C(=O)NN=Cc3ccc([N+](=O)[O-])o3)cc2)cc1. The minimum atomic E-state index is -0.656. The van der Waals surface area contributed by atoms with Crippen molar-refractivity contribution in [2.45, 2.75) is 13.5 Å². The van der Waals surface area contributed by atoms with Crippen LogP contribution in [0.3, 0.4) is 0 Å². The van der Waals surface area contributed by atoms with E-state index in [0.29, 0.717) is 24.5 Å². The first-order chi connectivity index (χ1) is 14.5. The van der Waals surface area contributed by atoms with E-state index in [2.05, 4.69) is 10.5 Å². The molecule has 1 heterocycles. The molecule has 3 aromatic rings. The zero-order valence-corrected chi connectivity index (χ0v) is 16.1. The molecule has 1 amide bonds. The molecule has 0 saturated carbocycles. The van der Waals surface area contributed by atoms with Crippen LogP contribution in [-0.2, 0) is 6.61 Å². The summed E-state index contributed by atoms with van der Waals surface area (Å²) in [6.07, 6.45) is 1.18. The van der Waals surface area contributed by atoms with Crippen molar-refractivity contribution >= 4 is 18.0 Å². The van der Waals surface area contributed by atoms with Crippen molar-refractivity contribution in [3.05, 3.63) is 87.7 Å². The van der Waals surface area contributed by atoms with Crippen LogP contribution in [-0.4, -0.2) is 23.7 Å². The molecule has 1 aromatic heterocycles. The number of rotatable bonds is 9. The molecule has 0 fully saturated rings. The molecule has 0 aliphatic rings. The van der Waals surface area contributed by atoms with E-state index in [1.54, 1.807) is 24.3 Å². The molecule has 0 atom stereocenters. The van der Waals surface area contributed by atoms with Crippen LogP contribution in [0.2, 0.25) is 0 Å². The van der Waals surface area contributed by atoms with Crippen LogP contribution in [0.25, 0.3) is 0 Å². The summed E-state index contributed by atoms with van der Waals surface area (Å²) in [6, 6.07) is 16.8. The van der Waals surface area contributed by atoms with Crippen molar-refractivity contribution in [2.24, 2.45) is 5.10 Å². The van der Waals surface area contributed by atoms with E-state index in [4.69, 9.17) is 13.9 Å². The number of carbonyl (C=O) groups excluding carboxylic acids is 1. The summed E-state index contributed by atoms with van der Waals surface area (Å²) < 4.78 is 16.0. The fraction of sp³-hybridized carbons (Fsp3) is 0.143. The number of nitro groups is 1. The predicted molar refractivity (Wildman–Crippen MR) is 109 cm³/mol. The van der Waals surface area contributed by atoms with Crippen molar-refractivity contribution in [1.82, 2.24) is 5.43 Å². The van der Waals surface area contributed by atoms with Gasteiger partial charge in [0.05, 0.1) is 18.9 Å². The number of ether oxygens (including phenoxy) is 2. The Hall–Kier alpha value is -4.14. The van der Waals surface area contributed by atoms with Crippen molar-refractivity contribution in [2.75, 3.05) is 6.61 Å². The third-order valence-electron chi connectivity index (χ3n) is 3.91. The third-order valence-corrected chi connectivity index (χ3v) is 3.91. The van der Waals surface area contributed by atoms with Gasteiger partial charge in [0.2, 0.25) is 0 Å². The van der Waals surface area contributed by atoms with Crippen LogP contribution in [0.1, 0.15) is 28.6 Å². The zero-order chi connectivity index (χ0) is 21.3. The summed E-state index contributed by atoms with van der Waals surface area (Å²) in [5.41, 5.74) is 3.64. The number of benzene rings is 2. The number of carbonyl (C=O) groups is 1. The summed E-state index contributed by atoms with van der Waals surface area (Å²) in [5, 5.41) is 14.3. The van der Waals surface area contributed by atoms with Crippen molar-refractivity contribution in [1.29, 1.82) is 0 Å². The van der Waals surface area contributed by atoms with Gasteiger partial charge in [-0.15, -0.1) is 0 Å². The Morgan fingerprint density at radius 2 is 1.73 bits per heavy atom. The summed E-state index contributed by atoms with van der Waals surface area (Å²) in [4.78, 5) is 22.0. The highest BCUT2D eigenvalue weighted by molar-refractivity contribution is 5.94. The molecular weight excluding hydrogens is 390 g/mol. The summed E-state index contributed by atoms with van der Waals surface area (Å²) >= 11 is 0. The minimum absolute atomic E-state index is 0.156. The first-order valence-corrected chi connectivity index (χ1v) is 9.07. The molecule has 1 N–H and O–H groups in total. The molecule has 0 spiro atoms.